The van der Waals surface area contributed by atoms with Crippen LogP contribution in [-0.2, 0) is 10.1 Å². The monoisotopic (exact) mass is 240 g/mol. The normalized spacial score (nSPS) is 11.6. The lowest BCUT2D eigenvalue weighted by Crippen LogP contribution is -2.29. The third-order valence-corrected chi connectivity index (χ3v) is 2.39. The lowest BCUT2D eigenvalue weighted by molar-refractivity contribution is 0.284. The van der Waals surface area contributed by atoms with E-state index >= 15 is 0 Å². The third-order valence-electron chi connectivity index (χ3n) is 1.97. The summed E-state index contributed by atoms with van der Waals surface area (Å²) in [4.78, 5) is 11.5. The molecule has 0 saturated carbocycles. The summed E-state index contributed by atoms with van der Waals surface area (Å²) in [5, 5.41) is 0.728. The molecule has 0 amide bonds. The standard InChI is InChI=1S/C10H9NO4S/c1-16(13,14)15-11-9-5-3-2-4-8(9)6-7-10(11)12/h2-7H,1H3/p+1. The van der Waals surface area contributed by atoms with Crippen molar-refractivity contribution in [2.75, 3.05) is 6.26 Å². The van der Waals surface area contributed by atoms with Crippen LogP contribution in [0.1, 0.15) is 1.43 Å². The van der Waals surface area contributed by atoms with Crippen molar-refractivity contribution in [1.82, 2.24) is 4.73 Å². The van der Waals surface area contributed by atoms with Crippen LogP contribution in [0.15, 0.2) is 41.2 Å². The molecule has 84 valence electrons. The summed E-state index contributed by atoms with van der Waals surface area (Å²) >= 11 is 0. The Bertz CT molecular complexity index is 693. The average molecular weight is 240 g/mol. The van der Waals surface area contributed by atoms with E-state index in [0.717, 1.165) is 16.4 Å². The van der Waals surface area contributed by atoms with Gasteiger partial charge in [-0.2, -0.15) is 8.42 Å². The molecule has 0 bridgehead atoms. The molecular formula is C10H10NO4S+. The van der Waals surface area contributed by atoms with Crippen LogP contribution in [0.25, 0.3) is 10.9 Å². The van der Waals surface area contributed by atoms with E-state index in [9.17, 15) is 13.2 Å². The topological polar surface area (TPSA) is 65.4 Å². The minimum atomic E-state index is -3.73. The first-order chi connectivity index (χ1) is 7.47. The summed E-state index contributed by atoms with van der Waals surface area (Å²) < 4.78 is 27.4. The molecule has 0 fully saturated rings. The van der Waals surface area contributed by atoms with E-state index in [4.69, 9.17) is 0 Å². The second kappa shape index (κ2) is 3.64. The molecule has 1 aromatic heterocycles. The number of fused-ring (bicyclic) bond motifs is 1. The number of nitrogens with zero attached hydrogens (tertiary/aromatic N) is 1. The van der Waals surface area contributed by atoms with Gasteiger partial charge >= 0.3 is 11.5 Å². The van der Waals surface area contributed by atoms with Crippen LogP contribution < -0.4 is 9.84 Å². The summed E-state index contributed by atoms with van der Waals surface area (Å²) in [7, 11) is -3.73. The van der Waals surface area contributed by atoms with E-state index in [1.54, 1.807) is 30.3 Å². The van der Waals surface area contributed by atoms with Crippen LogP contribution in [0.4, 0.5) is 0 Å². The molecule has 0 atom stereocenters. The highest BCUT2D eigenvalue weighted by atomic mass is 32.2. The molecule has 0 aliphatic heterocycles. The van der Waals surface area contributed by atoms with Crippen LogP contribution in [-0.4, -0.2) is 19.4 Å². The molecule has 2 aromatic rings. The van der Waals surface area contributed by atoms with E-state index in [2.05, 4.69) is 4.28 Å². The molecule has 0 spiro atoms. The first-order valence-electron chi connectivity index (χ1n) is 4.48. The van der Waals surface area contributed by atoms with Crippen LogP contribution in [0.5, 0.6) is 0 Å². The van der Waals surface area contributed by atoms with Crippen molar-refractivity contribution in [3.05, 3.63) is 46.8 Å². The van der Waals surface area contributed by atoms with E-state index in [-0.39, 0.29) is 1.43 Å². The quantitative estimate of drug-likeness (QED) is 0.766. The molecular weight excluding hydrogens is 230 g/mol. The Kier molecular flexibility index (Phi) is 2.43. The van der Waals surface area contributed by atoms with Gasteiger partial charge in [0, 0.05) is 11.5 Å². The molecule has 0 unspecified atom stereocenters. The maximum absolute atomic E-state index is 11.5. The van der Waals surface area contributed by atoms with Crippen molar-refractivity contribution >= 4 is 21.0 Å². The van der Waals surface area contributed by atoms with E-state index in [1.165, 1.54) is 6.07 Å². The summed E-state index contributed by atoms with van der Waals surface area (Å²) in [5.41, 5.74) is -0.107. The van der Waals surface area contributed by atoms with Crippen molar-refractivity contribution in [3.8, 4) is 0 Å². The zero-order valence-corrected chi connectivity index (χ0v) is 9.27. The van der Waals surface area contributed by atoms with Crippen LogP contribution in [0, 0.1) is 0 Å². The largest absolute Gasteiger partial charge is 1.00 e. The Morgan fingerprint density at radius 1 is 1.19 bits per heavy atom. The number of rotatable bonds is 2. The number of hydrogen-bond donors (Lipinski definition) is 0. The highest BCUT2D eigenvalue weighted by Crippen LogP contribution is 2.09. The fraction of sp³-hybridized carbons (Fsp3) is 0.100. The van der Waals surface area contributed by atoms with Gasteiger partial charge in [-0.3, -0.25) is 9.08 Å². The average Bonchev–Trinajstić information content (AvgIpc) is 2.21. The number of aromatic nitrogens is 1. The summed E-state index contributed by atoms with van der Waals surface area (Å²) in [6, 6.07) is 9.73. The van der Waals surface area contributed by atoms with Crippen LogP contribution in [0.3, 0.4) is 0 Å². The molecule has 0 radical (unpaired) electrons. The van der Waals surface area contributed by atoms with Crippen molar-refractivity contribution in [2.45, 2.75) is 0 Å². The fourth-order valence-corrected chi connectivity index (χ4v) is 1.80. The zero-order valence-electron chi connectivity index (χ0n) is 9.45. The van der Waals surface area contributed by atoms with Gasteiger partial charge in [-0.1, -0.05) is 18.2 Å². The van der Waals surface area contributed by atoms with Gasteiger partial charge in [0.1, 0.15) is 0 Å². The molecule has 0 aliphatic carbocycles. The Labute approximate surface area is 93.5 Å². The van der Waals surface area contributed by atoms with Gasteiger partial charge in [0.05, 0.1) is 11.8 Å². The predicted molar refractivity (Wildman–Crippen MR) is 60.7 cm³/mol. The maximum Gasteiger partial charge on any atom is 1.00 e. The van der Waals surface area contributed by atoms with Gasteiger partial charge in [0.25, 0.3) is 5.56 Å². The molecule has 1 aromatic carbocycles. The second-order valence-corrected chi connectivity index (χ2v) is 4.86. The van der Waals surface area contributed by atoms with Gasteiger partial charge in [-0.25, -0.2) is 0 Å². The van der Waals surface area contributed by atoms with Crippen LogP contribution in [0.2, 0.25) is 0 Å². The van der Waals surface area contributed by atoms with E-state index < -0.39 is 15.7 Å². The summed E-state index contributed by atoms with van der Waals surface area (Å²) in [6.07, 6.45) is 0.890. The Morgan fingerprint density at radius 2 is 1.88 bits per heavy atom. The SMILES string of the molecule is CS(=O)(=O)On1c(=O)ccc2ccccc21.[H+]. The van der Waals surface area contributed by atoms with Gasteiger partial charge in [0.15, 0.2) is 0 Å². The molecule has 5 nitrogen and oxygen atoms in total. The molecule has 0 N–H and O–H groups in total. The zero-order chi connectivity index (χ0) is 11.8. The van der Waals surface area contributed by atoms with Gasteiger partial charge in [-0.15, -0.1) is 4.73 Å². The maximum atomic E-state index is 11.5. The molecule has 0 aliphatic rings. The van der Waals surface area contributed by atoms with Gasteiger partial charge < -0.3 is 0 Å². The first kappa shape index (κ1) is 10.7. The lowest BCUT2D eigenvalue weighted by Gasteiger charge is -2.08. The number of para-hydroxylation sites is 1. The Hall–Kier alpha value is -1.82. The van der Waals surface area contributed by atoms with Crippen molar-refractivity contribution in [3.63, 3.8) is 0 Å². The van der Waals surface area contributed by atoms with Gasteiger partial charge in [-0.05, 0) is 12.1 Å². The molecule has 16 heavy (non-hydrogen) atoms. The van der Waals surface area contributed by atoms with Crippen molar-refractivity contribution in [2.24, 2.45) is 0 Å². The second-order valence-electron chi connectivity index (χ2n) is 3.30. The Morgan fingerprint density at radius 3 is 2.56 bits per heavy atom. The minimum absolute atomic E-state index is 0. The predicted octanol–water partition coefficient (Wildman–Crippen LogP) is 0.502. The molecule has 6 heteroatoms. The van der Waals surface area contributed by atoms with E-state index in [1.807, 2.05) is 0 Å². The highest BCUT2D eigenvalue weighted by molar-refractivity contribution is 7.86. The lowest BCUT2D eigenvalue weighted by atomic mass is 10.2. The van der Waals surface area contributed by atoms with Gasteiger partial charge in [0.2, 0.25) is 0 Å². The van der Waals surface area contributed by atoms with E-state index in [0.29, 0.717) is 5.52 Å². The minimum Gasteiger partial charge on any atom is -0.284 e. The van der Waals surface area contributed by atoms with Crippen molar-refractivity contribution in [1.29, 1.82) is 0 Å². The van der Waals surface area contributed by atoms with Crippen LogP contribution >= 0.6 is 0 Å². The smallest absolute Gasteiger partial charge is 0.284 e. The van der Waals surface area contributed by atoms with Crippen molar-refractivity contribution < 1.29 is 14.1 Å². The number of benzene rings is 1. The fourth-order valence-electron chi connectivity index (χ4n) is 1.37. The molecule has 0 saturated heterocycles. The highest BCUT2D eigenvalue weighted by Gasteiger charge is 2.08. The first-order valence-corrected chi connectivity index (χ1v) is 6.30. The molecule has 1 heterocycles. The number of hydrogen-bond acceptors (Lipinski definition) is 4. The Balaban J connectivity index is 0.00000144. The summed E-state index contributed by atoms with van der Waals surface area (Å²) in [6.45, 7) is 0. The number of pyridine rings is 1. The summed E-state index contributed by atoms with van der Waals surface area (Å²) in [5.74, 6) is 0. The molecule has 2 rings (SSSR count). The third kappa shape index (κ3) is 2.06.